The smallest absolute Gasteiger partial charge is 0.336 e. The van der Waals surface area contributed by atoms with Crippen LogP contribution in [0.4, 0.5) is 5.69 Å². The first kappa shape index (κ1) is 14.7. The Morgan fingerprint density at radius 2 is 2.18 bits per heavy atom. The molecule has 0 amide bonds. The molecule has 2 heterocycles. The Kier molecular flexibility index (Phi) is 3.50. The van der Waals surface area contributed by atoms with E-state index < -0.39 is 17.7 Å². The lowest BCUT2D eigenvalue weighted by Crippen LogP contribution is -2.41. The molecule has 1 aromatic carbocycles. The number of carboxylic acids is 1. The Bertz CT molecular complexity index is 729. The van der Waals surface area contributed by atoms with E-state index in [2.05, 4.69) is 10.3 Å². The number of ether oxygens (including phenoxy) is 1. The number of benzene rings is 1. The van der Waals surface area contributed by atoms with Crippen molar-refractivity contribution in [2.24, 2.45) is 0 Å². The van der Waals surface area contributed by atoms with Gasteiger partial charge in [-0.15, -0.1) is 0 Å². The maximum Gasteiger partial charge on any atom is 0.336 e. The van der Waals surface area contributed by atoms with Crippen molar-refractivity contribution in [2.45, 2.75) is 31.6 Å². The average molecular weight is 302 g/mol. The van der Waals surface area contributed by atoms with Gasteiger partial charge >= 0.3 is 5.97 Å². The van der Waals surface area contributed by atoms with E-state index >= 15 is 0 Å². The molecule has 6 nitrogen and oxygen atoms in total. The van der Waals surface area contributed by atoms with Gasteiger partial charge in [-0.3, -0.25) is 4.98 Å². The van der Waals surface area contributed by atoms with Gasteiger partial charge in [0.1, 0.15) is 6.10 Å². The number of nitrogens with zero attached hydrogens (tertiary/aromatic N) is 1. The number of aromatic nitrogens is 1. The SMILES string of the molecule is CC1(C)OC[C@@H](Nc2ccc(C(=O)O)c3cccnc23)[C@@H]1O. The predicted molar refractivity (Wildman–Crippen MR) is 82.2 cm³/mol. The molecule has 22 heavy (non-hydrogen) atoms. The first-order valence-electron chi connectivity index (χ1n) is 7.10. The standard InChI is InChI=1S/C16H18N2O4/c1-16(2)14(19)12(8-22-16)18-11-6-5-10(15(20)21)9-4-3-7-17-13(9)11/h3-7,12,14,18-19H,8H2,1-2H3,(H,20,21)/t12-,14+/m1/s1. The molecule has 2 atom stereocenters. The molecule has 2 aromatic rings. The van der Waals surface area contributed by atoms with Crippen molar-refractivity contribution < 1.29 is 19.7 Å². The van der Waals surface area contributed by atoms with Gasteiger partial charge < -0.3 is 20.3 Å². The molecule has 0 aliphatic carbocycles. The van der Waals surface area contributed by atoms with Gasteiger partial charge in [0.05, 0.1) is 35.0 Å². The Hall–Kier alpha value is -2.18. The van der Waals surface area contributed by atoms with Crippen LogP contribution in [-0.2, 0) is 4.74 Å². The molecule has 0 unspecified atom stereocenters. The van der Waals surface area contributed by atoms with E-state index in [1.165, 1.54) is 0 Å². The van der Waals surface area contributed by atoms with E-state index in [1.54, 1.807) is 30.5 Å². The molecule has 3 rings (SSSR count). The summed E-state index contributed by atoms with van der Waals surface area (Å²) in [6.07, 6.45) is 0.954. The van der Waals surface area contributed by atoms with E-state index in [0.29, 0.717) is 23.2 Å². The highest BCUT2D eigenvalue weighted by atomic mass is 16.5. The van der Waals surface area contributed by atoms with Gasteiger partial charge in [-0.1, -0.05) is 6.07 Å². The minimum atomic E-state index is -0.991. The minimum absolute atomic E-state index is 0.206. The van der Waals surface area contributed by atoms with Crippen molar-refractivity contribution in [3.63, 3.8) is 0 Å². The first-order valence-corrected chi connectivity index (χ1v) is 7.10. The Morgan fingerprint density at radius 1 is 1.41 bits per heavy atom. The summed E-state index contributed by atoms with van der Waals surface area (Å²) in [5, 5.41) is 23.3. The molecule has 0 saturated carbocycles. The van der Waals surface area contributed by atoms with Gasteiger partial charge in [-0.2, -0.15) is 0 Å². The molecule has 3 N–H and O–H groups in total. The Morgan fingerprint density at radius 3 is 2.82 bits per heavy atom. The lowest BCUT2D eigenvalue weighted by atomic mass is 9.98. The third-order valence-corrected chi connectivity index (χ3v) is 4.07. The number of hydrogen-bond acceptors (Lipinski definition) is 5. The third-order valence-electron chi connectivity index (χ3n) is 4.07. The van der Waals surface area contributed by atoms with Crippen molar-refractivity contribution in [3.8, 4) is 0 Å². The summed E-state index contributed by atoms with van der Waals surface area (Å²) in [5.41, 5.74) is 0.851. The third kappa shape index (κ3) is 2.40. The van der Waals surface area contributed by atoms with E-state index in [9.17, 15) is 15.0 Å². The molecule has 116 valence electrons. The van der Waals surface area contributed by atoms with Crippen LogP contribution in [0.15, 0.2) is 30.5 Å². The summed E-state index contributed by atoms with van der Waals surface area (Å²) >= 11 is 0. The number of carbonyl (C=O) groups is 1. The second-order valence-corrected chi connectivity index (χ2v) is 5.98. The van der Waals surface area contributed by atoms with Crippen LogP contribution in [0.25, 0.3) is 10.9 Å². The fourth-order valence-electron chi connectivity index (χ4n) is 2.76. The summed E-state index contributed by atoms with van der Waals surface area (Å²) in [5.74, 6) is -0.991. The highest BCUT2D eigenvalue weighted by Crippen LogP contribution is 2.30. The number of fused-ring (bicyclic) bond motifs is 1. The molecule has 6 heteroatoms. The lowest BCUT2D eigenvalue weighted by molar-refractivity contribution is -0.0291. The van der Waals surface area contributed by atoms with E-state index in [-0.39, 0.29) is 11.6 Å². The summed E-state index contributed by atoms with van der Waals surface area (Å²) in [6, 6.07) is 6.38. The Labute approximate surface area is 127 Å². The lowest BCUT2D eigenvalue weighted by Gasteiger charge is -2.24. The summed E-state index contributed by atoms with van der Waals surface area (Å²) in [6.45, 7) is 4.05. The van der Waals surface area contributed by atoms with Crippen LogP contribution in [0.5, 0.6) is 0 Å². The molecule has 0 spiro atoms. The van der Waals surface area contributed by atoms with Crippen molar-refractivity contribution >= 4 is 22.6 Å². The van der Waals surface area contributed by atoms with Gasteiger partial charge in [-0.25, -0.2) is 4.79 Å². The highest BCUT2D eigenvalue weighted by Gasteiger charge is 2.42. The van der Waals surface area contributed by atoms with Crippen LogP contribution in [-0.4, -0.2) is 45.5 Å². The van der Waals surface area contributed by atoms with Crippen molar-refractivity contribution in [1.29, 1.82) is 0 Å². The maximum atomic E-state index is 11.3. The fourth-order valence-corrected chi connectivity index (χ4v) is 2.76. The van der Waals surface area contributed by atoms with Crippen LogP contribution in [0.1, 0.15) is 24.2 Å². The maximum absolute atomic E-state index is 11.3. The zero-order valence-electron chi connectivity index (χ0n) is 12.4. The number of aromatic carboxylic acids is 1. The van der Waals surface area contributed by atoms with Crippen LogP contribution < -0.4 is 5.32 Å². The predicted octanol–water partition coefficient (Wildman–Crippen LogP) is 1.88. The van der Waals surface area contributed by atoms with Crippen LogP contribution in [0.2, 0.25) is 0 Å². The van der Waals surface area contributed by atoms with Crippen molar-refractivity contribution in [1.82, 2.24) is 4.98 Å². The van der Waals surface area contributed by atoms with E-state index in [1.807, 2.05) is 13.8 Å². The molecule has 1 fully saturated rings. The number of aliphatic hydroxyl groups excluding tert-OH is 1. The number of anilines is 1. The molecule has 0 radical (unpaired) electrons. The first-order chi connectivity index (χ1) is 10.4. The van der Waals surface area contributed by atoms with Gasteiger partial charge in [0.2, 0.25) is 0 Å². The quantitative estimate of drug-likeness (QED) is 0.802. The van der Waals surface area contributed by atoms with Crippen molar-refractivity contribution in [3.05, 3.63) is 36.0 Å². The largest absolute Gasteiger partial charge is 0.478 e. The molecule has 1 aliphatic rings. The van der Waals surface area contributed by atoms with Crippen LogP contribution >= 0.6 is 0 Å². The summed E-state index contributed by atoms with van der Waals surface area (Å²) in [4.78, 5) is 15.6. The molecular weight excluding hydrogens is 284 g/mol. The molecule has 1 aliphatic heterocycles. The summed E-state index contributed by atoms with van der Waals surface area (Å²) < 4.78 is 5.58. The normalized spacial score (nSPS) is 23.6. The van der Waals surface area contributed by atoms with Crippen LogP contribution in [0, 0.1) is 0 Å². The number of carboxylic acid groups (broad SMARTS) is 1. The van der Waals surface area contributed by atoms with Gasteiger partial charge in [0.25, 0.3) is 0 Å². The number of pyridine rings is 1. The number of rotatable bonds is 3. The van der Waals surface area contributed by atoms with Crippen molar-refractivity contribution in [2.75, 3.05) is 11.9 Å². The molecule has 0 bridgehead atoms. The van der Waals surface area contributed by atoms with E-state index in [4.69, 9.17) is 4.74 Å². The zero-order valence-corrected chi connectivity index (χ0v) is 12.4. The topological polar surface area (TPSA) is 91.7 Å². The van der Waals surface area contributed by atoms with Gasteiger partial charge in [0.15, 0.2) is 0 Å². The molecule has 1 saturated heterocycles. The van der Waals surface area contributed by atoms with E-state index in [0.717, 1.165) is 0 Å². The average Bonchev–Trinajstić information content (AvgIpc) is 2.74. The highest BCUT2D eigenvalue weighted by molar-refractivity contribution is 6.06. The van der Waals surface area contributed by atoms with Gasteiger partial charge in [0, 0.05) is 11.6 Å². The minimum Gasteiger partial charge on any atom is -0.478 e. The second-order valence-electron chi connectivity index (χ2n) is 5.98. The second kappa shape index (κ2) is 5.23. The number of nitrogens with one attached hydrogen (secondary N) is 1. The Balaban J connectivity index is 1.99. The van der Waals surface area contributed by atoms with Crippen LogP contribution in [0.3, 0.4) is 0 Å². The molecule has 1 aromatic heterocycles. The number of aliphatic hydroxyl groups is 1. The zero-order chi connectivity index (χ0) is 15.9. The molecular formula is C16H18N2O4. The monoisotopic (exact) mass is 302 g/mol. The van der Waals surface area contributed by atoms with Gasteiger partial charge in [-0.05, 0) is 32.0 Å². The fraction of sp³-hybridized carbons (Fsp3) is 0.375. The summed E-state index contributed by atoms with van der Waals surface area (Å²) in [7, 11) is 0. The number of hydrogen-bond donors (Lipinski definition) is 3.